The summed E-state index contributed by atoms with van der Waals surface area (Å²) in [5.41, 5.74) is 0.927. The summed E-state index contributed by atoms with van der Waals surface area (Å²) in [6.07, 6.45) is 0.887. The van der Waals surface area contributed by atoms with Gasteiger partial charge < -0.3 is 10.4 Å². The van der Waals surface area contributed by atoms with E-state index in [1.54, 1.807) is 6.07 Å². The molecule has 1 fully saturated rings. The first kappa shape index (κ1) is 10.3. The van der Waals surface area contributed by atoms with Crippen LogP contribution in [0.4, 0.5) is 0 Å². The van der Waals surface area contributed by atoms with Crippen LogP contribution in [0.1, 0.15) is 5.56 Å². The number of aromatic hydroxyl groups is 1. The molecule has 0 atom stereocenters. The Labute approximate surface area is 96.4 Å². The molecule has 0 bridgehead atoms. The zero-order valence-electron chi connectivity index (χ0n) is 7.56. The summed E-state index contributed by atoms with van der Waals surface area (Å²) in [5.74, 6) is 0.951. The molecule has 14 heavy (non-hydrogen) atoms. The van der Waals surface area contributed by atoms with Gasteiger partial charge in [-0.25, -0.2) is 0 Å². The molecule has 1 aromatic carbocycles. The Morgan fingerprint density at radius 2 is 2.21 bits per heavy atom. The highest BCUT2D eigenvalue weighted by Crippen LogP contribution is 2.33. The molecule has 1 saturated heterocycles. The van der Waals surface area contributed by atoms with Gasteiger partial charge in [-0.15, -0.1) is 0 Å². The first-order valence-electron chi connectivity index (χ1n) is 4.54. The fraction of sp³-hybridized carbons (Fsp3) is 0.400. The minimum absolute atomic E-state index is 0.321. The molecule has 1 aromatic rings. The van der Waals surface area contributed by atoms with Gasteiger partial charge in [-0.05, 0) is 59.1 Å². The van der Waals surface area contributed by atoms with Crippen LogP contribution >= 0.6 is 27.5 Å². The number of hydrogen-bond donors (Lipinski definition) is 2. The van der Waals surface area contributed by atoms with Gasteiger partial charge in [0, 0.05) is 5.02 Å². The Morgan fingerprint density at radius 3 is 2.79 bits per heavy atom. The van der Waals surface area contributed by atoms with Crippen molar-refractivity contribution in [3.05, 3.63) is 27.2 Å². The average molecular weight is 277 g/mol. The molecule has 2 nitrogen and oxygen atoms in total. The Morgan fingerprint density at radius 1 is 1.50 bits per heavy atom. The molecular weight excluding hydrogens is 265 g/mol. The van der Waals surface area contributed by atoms with E-state index in [-0.39, 0.29) is 0 Å². The fourth-order valence-electron chi connectivity index (χ4n) is 1.58. The van der Waals surface area contributed by atoms with Gasteiger partial charge in [-0.1, -0.05) is 11.6 Å². The lowest BCUT2D eigenvalue weighted by molar-refractivity contribution is 0.341. The van der Waals surface area contributed by atoms with Crippen LogP contribution in [0.5, 0.6) is 5.75 Å². The molecule has 76 valence electrons. The second kappa shape index (κ2) is 4.09. The topological polar surface area (TPSA) is 32.3 Å². The minimum Gasteiger partial charge on any atom is -0.506 e. The number of rotatable bonds is 2. The average Bonchev–Trinajstić information content (AvgIpc) is 2.05. The van der Waals surface area contributed by atoms with E-state index in [1.807, 2.05) is 6.07 Å². The molecule has 0 saturated carbocycles. The van der Waals surface area contributed by atoms with Gasteiger partial charge in [0.15, 0.2) is 0 Å². The van der Waals surface area contributed by atoms with Crippen molar-refractivity contribution in [3.63, 3.8) is 0 Å². The van der Waals surface area contributed by atoms with Crippen LogP contribution < -0.4 is 5.32 Å². The number of benzene rings is 1. The molecule has 4 heteroatoms. The third-order valence-corrected chi connectivity index (χ3v) is 3.30. The van der Waals surface area contributed by atoms with Crippen LogP contribution in [0.25, 0.3) is 0 Å². The Kier molecular flexibility index (Phi) is 3.00. The maximum atomic E-state index is 9.76. The monoisotopic (exact) mass is 275 g/mol. The standard InChI is InChI=1S/C10H11BrClNO/c11-9-3-8(12)2-7(10(9)14)1-6-4-13-5-6/h2-3,6,13-14H,1,4-5H2. The van der Waals surface area contributed by atoms with E-state index in [0.717, 1.165) is 25.1 Å². The molecule has 0 unspecified atom stereocenters. The number of hydrogen-bond acceptors (Lipinski definition) is 2. The number of phenolic OH excluding ortho intramolecular Hbond substituents is 1. The number of nitrogens with one attached hydrogen (secondary N) is 1. The number of halogens is 2. The number of phenols is 1. The van der Waals surface area contributed by atoms with Crippen molar-refractivity contribution in [2.24, 2.45) is 5.92 Å². The first-order chi connectivity index (χ1) is 6.66. The van der Waals surface area contributed by atoms with Gasteiger partial charge in [0.2, 0.25) is 0 Å². The highest BCUT2D eigenvalue weighted by molar-refractivity contribution is 9.10. The Balaban J connectivity index is 2.22. The van der Waals surface area contributed by atoms with Crippen LogP contribution in [-0.2, 0) is 6.42 Å². The molecule has 0 amide bonds. The highest BCUT2D eigenvalue weighted by atomic mass is 79.9. The van der Waals surface area contributed by atoms with Gasteiger partial charge in [0.05, 0.1) is 4.47 Å². The van der Waals surface area contributed by atoms with Gasteiger partial charge in [-0.3, -0.25) is 0 Å². The van der Waals surface area contributed by atoms with Crippen molar-refractivity contribution >= 4 is 27.5 Å². The van der Waals surface area contributed by atoms with Gasteiger partial charge in [0.1, 0.15) is 5.75 Å². The van der Waals surface area contributed by atoms with Crippen LogP contribution in [0.3, 0.4) is 0 Å². The molecule has 1 heterocycles. The van der Waals surface area contributed by atoms with Crippen molar-refractivity contribution in [2.45, 2.75) is 6.42 Å². The molecule has 2 N–H and O–H groups in total. The summed E-state index contributed by atoms with van der Waals surface area (Å²) in [4.78, 5) is 0. The summed E-state index contributed by atoms with van der Waals surface area (Å²) in [5, 5.41) is 13.6. The summed E-state index contributed by atoms with van der Waals surface area (Å²) >= 11 is 9.19. The molecule has 0 radical (unpaired) electrons. The maximum Gasteiger partial charge on any atom is 0.133 e. The third kappa shape index (κ3) is 2.05. The normalized spacial score (nSPS) is 16.7. The summed E-state index contributed by atoms with van der Waals surface area (Å²) < 4.78 is 0.673. The second-order valence-corrected chi connectivity index (χ2v) is 4.91. The molecular formula is C10H11BrClNO. The van der Waals surface area contributed by atoms with Crippen LogP contribution in [0.2, 0.25) is 5.02 Å². The van der Waals surface area contributed by atoms with Gasteiger partial charge >= 0.3 is 0 Å². The van der Waals surface area contributed by atoms with E-state index in [4.69, 9.17) is 11.6 Å². The van der Waals surface area contributed by atoms with Crippen molar-refractivity contribution < 1.29 is 5.11 Å². The lowest BCUT2D eigenvalue weighted by Crippen LogP contribution is -2.43. The zero-order chi connectivity index (χ0) is 10.1. The summed E-state index contributed by atoms with van der Waals surface area (Å²) in [6.45, 7) is 2.06. The maximum absolute atomic E-state index is 9.76. The second-order valence-electron chi connectivity index (χ2n) is 3.62. The van der Waals surface area contributed by atoms with E-state index in [0.29, 0.717) is 21.2 Å². The lowest BCUT2D eigenvalue weighted by Gasteiger charge is -2.27. The van der Waals surface area contributed by atoms with E-state index in [9.17, 15) is 5.11 Å². The molecule has 0 aromatic heterocycles. The summed E-state index contributed by atoms with van der Waals surface area (Å²) in [7, 11) is 0. The first-order valence-corrected chi connectivity index (χ1v) is 5.71. The van der Waals surface area contributed by atoms with Crippen LogP contribution in [0.15, 0.2) is 16.6 Å². The molecule has 2 rings (SSSR count). The van der Waals surface area contributed by atoms with E-state index >= 15 is 0 Å². The highest BCUT2D eigenvalue weighted by Gasteiger charge is 2.19. The largest absolute Gasteiger partial charge is 0.506 e. The van der Waals surface area contributed by atoms with Gasteiger partial charge in [-0.2, -0.15) is 0 Å². The molecule has 1 aliphatic heterocycles. The van der Waals surface area contributed by atoms with Crippen molar-refractivity contribution in [2.75, 3.05) is 13.1 Å². The Bertz CT molecular complexity index is 352. The van der Waals surface area contributed by atoms with E-state index < -0.39 is 0 Å². The minimum atomic E-state index is 0.321. The zero-order valence-corrected chi connectivity index (χ0v) is 9.90. The smallest absolute Gasteiger partial charge is 0.133 e. The van der Waals surface area contributed by atoms with E-state index in [1.165, 1.54) is 0 Å². The molecule has 1 aliphatic rings. The summed E-state index contributed by atoms with van der Waals surface area (Å²) in [6, 6.07) is 3.54. The Hall–Kier alpha value is -0.250. The lowest BCUT2D eigenvalue weighted by atomic mass is 9.94. The quantitative estimate of drug-likeness (QED) is 0.870. The predicted octanol–water partition coefficient (Wildman–Crippen LogP) is 2.57. The molecule has 0 spiro atoms. The predicted molar refractivity (Wildman–Crippen MR) is 60.9 cm³/mol. The fourth-order valence-corrected chi connectivity index (χ4v) is 2.45. The third-order valence-electron chi connectivity index (χ3n) is 2.48. The van der Waals surface area contributed by atoms with Crippen LogP contribution in [0, 0.1) is 5.92 Å². The van der Waals surface area contributed by atoms with Gasteiger partial charge in [0.25, 0.3) is 0 Å². The van der Waals surface area contributed by atoms with Crippen LogP contribution in [-0.4, -0.2) is 18.2 Å². The SMILES string of the molecule is Oc1c(Br)cc(Cl)cc1CC1CNC1. The molecule has 0 aliphatic carbocycles. The van der Waals surface area contributed by atoms with Crippen molar-refractivity contribution in [1.29, 1.82) is 0 Å². The van der Waals surface area contributed by atoms with Crippen molar-refractivity contribution in [3.8, 4) is 5.75 Å². The van der Waals surface area contributed by atoms with Crippen molar-refractivity contribution in [1.82, 2.24) is 5.32 Å². The van der Waals surface area contributed by atoms with E-state index in [2.05, 4.69) is 21.2 Å².